The van der Waals surface area contributed by atoms with E-state index >= 15 is 0 Å². The van der Waals surface area contributed by atoms with Gasteiger partial charge in [0, 0.05) is 18.2 Å². The van der Waals surface area contributed by atoms with Gasteiger partial charge in [-0.25, -0.2) is 13.1 Å². The van der Waals surface area contributed by atoms with Gasteiger partial charge in [0.05, 0.1) is 17.3 Å². The minimum atomic E-state index is -3.36. The summed E-state index contributed by atoms with van der Waals surface area (Å²) in [7, 11) is -1.92. The summed E-state index contributed by atoms with van der Waals surface area (Å²) >= 11 is 0. The van der Waals surface area contributed by atoms with Crippen LogP contribution in [0.5, 0.6) is 5.75 Å². The molecule has 1 N–H and O–H groups in total. The van der Waals surface area contributed by atoms with Gasteiger partial charge in [0.2, 0.25) is 10.0 Å². The van der Waals surface area contributed by atoms with Crippen molar-refractivity contribution >= 4 is 15.7 Å². The second-order valence-electron chi connectivity index (χ2n) is 4.32. The Morgan fingerprint density at radius 1 is 1.47 bits per heavy atom. The van der Waals surface area contributed by atoms with E-state index in [1.165, 1.54) is 25.3 Å². The molecular weight excluding hydrogens is 272 g/mol. The van der Waals surface area contributed by atoms with Crippen molar-refractivity contribution in [2.45, 2.75) is 24.6 Å². The van der Waals surface area contributed by atoms with E-state index in [4.69, 9.17) is 4.74 Å². The van der Waals surface area contributed by atoms with Gasteiger partial charge in [-0.2, -0.15) is 0 Å². The molecule has 8 heteroatoms. The zero-order valence-corrected chi connectivity index (χ0v) is 11.1. The third-order valence-corrected chi connectivity index (χ3v) is 4.81. The average Bonchev–Trinajstić information content (AvgIpc) is 3.20. The fraction of sp³-hybridized carbons (Fsp3) is 0.455. The highest BCUT2D eigenvalue weighted by molar-refractivity contribution is 7.90. The maximum Gasteiger partial charge on any atom is 0.274 e. The van der Waals surface area contributed by atoms with Crippen molar-refractivity contribution in [3.8, 4) is 5.75 Å². The fourth-order valence-corrected chi connectivity index (χ4v) is 3.03. The molecule has 0 heterocycles. The molecule has 2 rings (SSSR count). The summed E-state index contributed by atoms with van der Waals surface area (Å²) in [6.07, 6.45) is 1.30. The zero-order valence-electron chi connectivity index (χ0n) is 10.3. The standard InChI is InChI=1S/C11H14N2O5S/c1-18-9-2-5-11(13(14)15)8(6-9)7-12-19(16,17)10-3-4-10/h2,5-6,10,12H,3-4,7H2,1H3. The number of sulfonamides is 1. The number of nitro benzene ring substituents is 1. The van der Waals surface area contributed by atoms with Crippen LogP contribution in [-0.4, -0.2) is 25.7 Å². The maximum atomic E-state index is 11.7. The van der Waals surface area contributed by atoms with Crippen LogP contribution in [0.1, 0.15) is 18.4 Å². The van der Waals surface area contributed by atoms with Crippen LogP contribution in [0.15, 0.2) is 18.2 Å². The molecule has 1 aliphatic rings. The third-order valence-electron chi connectivity index (χ3n) is 2.91. The molecule has 0 spiro atoms. The second kappa shape index (κ2) is 5.14. The van der Waals surface area contributed by atoms with E-state index in [-0.39, 0.29) is 23.0 Å². The first-order chi connectivity index (χ1) is 8.94. The normalized spacial score (nSPS) is 15.2. The Morgan fingerprint density at radius 3 is 2.68 bits per heavy atom. The van der Waals surface area contributed by atoms with Crippen molar-refractivity contribution < 1.29 is 18.1 Å². The minimum absolute atomic E-state index is 0.105. The fourth-order valence-electron chi connectivity index (χ4n) is 1.68. The number of rotatable bonds is 6. The van der Waals surface area contributed by atoms with Crippen molar-refractivity contribution in [3.05, 3.63) is 33.9 Å². The van der Waals surface area contributed by atoms with Crippen LogP contribution >= 0.6 is 0 Å². The highest BCUT2D eigenvalue weighted by Crippen LogP contribution is 2.29. The van der Waals surface area contributed by atoms with Gasteiger partial charge in [-0.1, -0.05) is 0 Å². The Balaban J connectivity index is 2.19. The predicted molar refractivity (Wildman–Crippen MR) is 68.4 cm³/mol. The Morgan fingerprint density at radius 2 is 2.16 bits per heavy atom. The number of nitrogens with one attached hydrogen (secondary N) is 1. The van der Waals surface area contributed by atoms with E-state index < -0.39 is 14.9 Å². The molecule has 0 aliphatic heterocycles. The number of hydrogen-bond acceptors (Lipinski definition) is 5. The van der Waals surface area contributed by atoms with E-state index in [0.29, 0.717) is 18.6 Å². The lowest BCUT2D eigenvalue weighted by molar-refractivity contribution is -0.385. The second-order valence-corrected chi connectivity index (χ2v) is 6.36. The van der Waals surface area contributed by atoms with Crippen LogP contribution in [0.4, 0.5) is 5.69 Å². The molecule has 0 bridgehead atoms. The Hall–Kier alpha value is -1.67. The highest BCUT2D eigenvalue weighted by atomic mass is 32.2. The summed E-state index contributed by atoms with van der Waals surface area (Å²) in [4.78, 5) is 10.3. The van der Waals surface area contributed by atoms with Gasteiger partial charge in [0.15, 0.2) is 0 Å². The molecule has 0 amide bonds. The molecule has 1 aliphatic carbocycles. The van der Waals surface area contributed by atoms with Crippen LogP contribution in [0, 0.1) is 10.1 Å². The van der Waals surface area contributed by atoms with Crippen LogP contribution in [0.25, 0.3) is 0 Å². The van der Waals surface area contributed by atoms with Crippen molar-refractivity contribution in [1.29, 1.82) is 0 Å². The maximum absolute atomic E-state index is 11.7. The summed E-state index contributed by atoms with van der Waals surface area (Å²) in [6.45, 7) is -0.105. The van der Waals surface area contributed by atoms with Crippen LogP contribution in [-0.2, 0) is 16.6 Å². The Labute approximate surface area is 110 Å². The van der Waals surface area contributed by atoms with Gasteiger partial charge in [0.25, 0.3) is 5.69 Å². The van der Waals surface area contributed by atoms with Crippen molar-refractivity contribution in [2.24, 2.45) is 0 Å². The first-order valence-corrected chi connectivity index (χ1v) is 7.28. The molecule has 104 valence electrons. The molecule has 0 radical (unpaired) electrons. The first kappa shape index (κ1) is 13.8. The lowest BCUT2D eigenvalue weighted by atomic mass is 10.2. The largest absolute Gasteiger partial charge is 0.497 e. The number of ether oxygens (including phenoxy) is 1. The first-order valence-electron chi connectivity index (χ1n) is 5.74. The number of benzene rings is 1. The van der Waals surface area contributed by atoms with Gasteiger partial charge in [0.1, 0.15) is 5.75 Å². The Kier molecular flexibility index (Phi) is 3.72. The summed E-state index contributed by atoms with van der Waals surface area (Å²) in [5.74, 6) is 0.450. The van der Waals surface area contributed by atoms with Crippen molar-refractivity contribution in [1.82, 2.24) is 4.72 Å². The van der Waals surface area contributed by atoms with Gasteiger partial charge >= 0.3 is 0 Å². The van der Waals surface area contributed by atoms with Gasteiger partial charge in [-0.15, -0.1) is 0 Å². The van der Waals surface area contributed by atoms with Crippen LogP contribution < -0.4 is 9.46 Å². The average molecular weight is 286 g/mol. The van der Waals surface area contributed by atoms with Crippen LogP contribution in [0.3, 0.4) is 0 Å². The molecule has 0 atom stereocenters. The molecule has 0 saturated heterocycles. The lowest BCUT2D eigenvalue weighted by Crippen LogP contribution is -2.27. The monoisotopic (exact) mass is 286 g/mol. The molecule has 7 nitrogen and oxygen atoms in total. The molecule has 1 fully saturated rings. The summed E-state index contributed by atoms with van der Waals surface area (Å²) in [5, 5.41) is 10.5. The van der Waals surface area contributed by atoms with Crippen LogP contribution in [0.2, 0.25) is 0 Å². The van der Waals surface area contributed by atoms with E-state index in [1.807, 2.05) is 0 Å². The zero-order chi connectivity index (χ0) is 14.0. The minimum Gasteiger partial charge on any atom is -0.497 e. The molecule has 0 aromatic heterocycles. The molecule has 1 aromatic carbocycles. The molecule has 1 saturated carbocycles. The molecule has 19 heavy (non-hydrogen) atoms. The summed E-state index contributed by atoms with van der Waals surface area (Å²) in [6, 6.07) is 4.24. The van der Waals surface area contributed by atoms with Crippen molar-refractivity contribution in [2.75, 3.05) is 7.11 Å². The number of nitrogens with zero attached hydrogens (tertiary/aromatic N) is 1. The van der Waals surface area contributed by atoms with E-state index in [1.54, 1.807) is 0 Å². The van der Waals surface area contributed by atoms with E-state index in [0.717, 1.165) is 0 Å². The van der Waals surface area contributed by atoms with Gasteiger partial charge in [-0.05, 0) is 25.0 Å². The summed E-state index contributed by atoms with van der Waals surface area (Å²) < 4.78 is 30.8. The smallest absolute Gasteiger partial charge is 0.274 e. The molecule has 1 aromatic rings. The molecular formula is C11H14N2O5S. The highest BCUT2D eigenvalue weighted by Gasteiger charge is 2.35. The number of hydrogen-bond donors (Lipinski definition) is 1. The van der Waals surface area contributed by atoms with Crippen molar-refractivity contribution in [3.63, 3.8) is 0 Å². The van der Waals surface area contributed by atoms with E-state index in [2.05, 4.69) is 4.72 Å². The van der Waals surface area contributed by atoms with Gasteiger partial charge < -0.3 is 4.74 Å². The quantitative estimate of drug-likeness (QED) is 0.625. The summed E-state index contributed by atoms with van der Waals surface area (Å²) in [5.41, 5.74) is 0.160. The Bertz CT molecular complexity index is 595. The molecule has 0 unspecified atom stereocenters. The number of nitro groups is 1. The lowest BCUT2D eigenvalue weighted by Gasteiger charge is -2.08. The topological polar surface area (TPSA) is 98.5 Å². The predicted octanol–water partition coefficient (Wildman–Crippen LogP) is 1.19. The SMILES string of the molecule is COc1ccc([N+](=O)[O-])c(CNS(=O)(=O)C2CC2)c1. The van der Waals surface area contributed by atoms with Gasteiger partial charge in [-0.3, -0.25) is 10.1 Å². The number of methoxy groups -OCH3 is 1. The van der Waals surface area contributed by atoms with E-state index in [9.17, 15) is 18.5 Å². The third kappa shape index (κ3) is 3.21.